The van der Waals surface area contributed by atoms with Crippen molar-refractivity contribution in [2.45, 2.75) is 19.8 Å². The molecule has 0 radical (unpaired) electrons. The predicted molar refractivity (Wildman–Crippen MR) is 71.5 cm³/mol. The SMILES string of the molecule is Cc1cc(C(=O)C2CC2)sc1-c1ccccc1. The summed E-state index contributed by atoms with van der Waals surface area (Å²) in [5, 5.41) is 0. The smallest absolute Gasteiger partial charge is 0.175 e. The van der Waals surface area contributed by atoms with Crippen LogP contribution < -0.4 is 0 Å². The molecule has 1 fully saturated rings. The molecule has 1 saturated carbocycles. The van der Waals surface area contributed by atoms with Gasteiger partial charge in [-0.05, 0) is 37.0 Å². The van der Waals surface area contributed by atoms with Gasteiger partial charge in [0, 0.05) is 10.8 Å². The van der Waals surface area contributed by atoms with Gasteiger partial charge in [-0.3, -0.25) is 4.79 Å². The van der Waals surface area contributed by atoms with Crippen molar-refractivity contribution in [1.82, 2.24) is 0 Å². The lowest BCUT2D eigenvalue weighted by Gasteiger charge is -1.97. The Morgan fingerprint density at radius 3 is 2.59 bits per heavy atom. The van der Waals surface area contributed by atoms with E-state index in [4.69, 9.17) is 0 Å². The normalized spacial score (nSPS) is 14.9. The molecule has 2 aromatic rings. The second kappa shape index (κ2) is 4.11. The molecule has 2 heteroatoms. The van der Waals surface area contributed by atoms with Crippen molar-refractivity contribution in [2.24, 2.45) is 5.92 Å². The van der Waals surface area contributed by atoms with Gasteiger partial charge in [0.05, 0.1) is 4.88 Å². The van der Waals surface area contributed by atoms with Gasteiger partial charge in [0.25, 0.3) is 0 Å². The monoisotopic (exact) mass is 242 g/mol. The molecule has 0 unspecified atom stereocenters. The highest BCUT2D eigenvalue weighted by molar-refractivity contribution is 7.17. The van der Waals surface area contributed by atoms with E-state index in [9.17, 15) is 4.79 Å². The minimum absolute atomic E-state index is 0.316. The first kappa shape index (κ1) is 10.7. The van der Waals surface area contributed by atoms with Gasteiger partial charge in [0.15, 0.2) is 5.78 Å². The first-order valence-electron chi connectivity index (χ1n) is 5.96. The number of ketones is 1. The van der Waals surface area contributed by atoms with E-state index in [-0.39, 0.29) is 0 Å². The highest BCUT2D eigenvalue weighted by Gasteiger charge is 2.31. The fourth-order valence-corrected chi connectivity index (χ4v) is 3.22. The van der Waals surface area contributed by atoms with Gasteiger partial charge >= 0.3 is 0 Å². The zero-order valence-electron chi connectivity index (χ0n) is 9.77. The second-order valence-corrected chi connectivity index (χ2v) is 5.68. The van der Waals surface area contributed by atoms with Gasteiger partial charge in [-0.1, -0.05) is 30.3 Å². The Labute approximate surface area is 105 Å². The molecule has 1 aliphatic carbocycles. The Morgan fingerprint density at radius 2 is 1.94 bits per heavy atom. The third-order valence-electron chi connectivity index (χ3n) is 3.14. The van der Waals surface area contributed by atoms with Crippen LogP contribution in [-0.2, 0) is 0 Å². The first-order chi connectivity index (χ1) is 8.25. The Balaban J connectivity index is 1.98. The van der Waals surface area contributed by atoms with Crippen molar-refractivity contribution >= 4 is 17.1 Å². The molecule has 3 rings (SSSR count). The summed E-state index contributed by atoms with van der Waals surface area (Å²) in [4.78, 5) is 14.2. The van der Waals surface area contributed by atoms with Crippen LogP contribution in [0.2, 0.25) is 0 Å². The summed E-state index contributed by atoms with van der Waals surface area (Å²) in [6, 6.07) is 12.3. The number of Topliss-reactive ketones (excluding diaryl/α,β-unsaturated/α-hetero) is 1. The topological polar surface area (TPSA) is 17.1 Å². The number of benzene rings is 1. The maximum Gasteiger partial charge on any atom is 0.175 e. The van der Waals surface area contributed by atoms with Crippen LogP contribution in [-0.4, -0.2) is 5.78 Å². The Kier molecular flexibility index (Phi) is 2.60. The standard InChI is InChI=1S/C15H14OS/c1-10-9-13(14(16)11-7-8-11)17-15(10)12-5-3-2-4-6-12/h2-6,9,11H,7-8H2,1H3. The maximum atomic E-state index is 12.0. The molecule has 0 spiro atoms. The maximum absolute atomic E-state index is 12.0. The summed E-state index contributed by atoms with van der Waals surface area (Å²) in [6.45, 7) is 2.09. The van der Waals surface area contributed by atoms with Crippen LogP contribution in [0.3, 0.4) is 0 Å². The molecule has 0 saturated heterocycles. The van der Waals surface area contributed by atoms with E-state index in [0.29, 0.717) is 11.7 Å². The minimum atomic E-state index is 0.316. The van der Waals surface area contributed by atoms with Gasteiger partial charge in [-0.25, -0.2) is 0 Å². The van der Waals surface area contributed by atoms with E-state index in [0.717, 1.165) is 17.7 Å². The lowest BCUT2D eigenvalue weighted by Crippen LogP contribution is -1.96. The number of hydrogen-bond donors (Lipinski definition) is 0. The van der Waals surface area contributed by atoms with Crippen molar-refractivity contribution < 1.29 is 4.79 Å². The van der Waals surface area contributed by atoms with Crippen LogP contribution in [0, 0.1) is 12.8 Å². The van der Waals surface area contributed by atoms with Crippen molar-refractivity contribution in [3.05, 3.63) is 46.8 Å². The third-order valence-corrected chi connectivity index (χ3v) is 4.45. The molecule has 1 aromatic carbocycles. The molecule has 1 aromatic heterocycles. The van der Waals surface area contributed by atoms with E-state index in [1.165, 1.54) is 16.0 Å². The Morgan fingerprint density at radius 1 is 1.24 bits per heavy atom. The molecule has 0 atom stereocenters. The average molecular weight is 242 g/mol. The fourth-order valence-electron chi connectivity index (χ4n) is 2.03. The van der Waals surface area contributed by atoms with Crippen molar-refractivity contribution in [2.75, 3.05) is 0 Å². The van der Waals surface area contributed by atoms with Crippen LogP contribution >= 0.6 is 11.3 Å². The summed E-state index contributed by atoms with van der Waals surface area (Å²) < 4.78 is 0. The molecular weight excluding hydrogens is 228 g/mol. The summed E-state index contributed by atoms with van der Waals surface area (Å²) in [6.07, 6.45) is 2.16. The fraction of sp³-hybridized carbons (Fsp3) is 0.267. The van der Waals surface area contributed by atoms with Gasteiger partial charge in [0.1, 0.15) is 0 Å². The molecule has 17 heavy (non-hydrogen) atoms. The summed E-state index contributed by atoms with van der Waals surface area (Å²) >= 11 is 1.64. The lowest BCUT2D eigenvalue weighted by molar-refractivity contribution is 0.0971. The van der Waals surface area contributed by atoms with Crippen molar-refractivity contribution in [1.29, 1.82) is 0 Å². The van der Waals surface area contributed by atoms with Gasteiger partial charge in [-0.2, -0.15) is 0 Å². The molecule has 86 valence electrons. The molecule has 0 bridgehead atoms. The number of hydrogen-bond acceptors (Lipinski definition) is 2. The van der Waals surface area contributed by atoms with Crippen LogP contribution in [0.25, 0.3) is 10.4 Å². The summed E-state index contributed by atoms with van der Waals surface area (Å²) in [7, 11) is 0. The molecule has 0 amide bonds. The van der Waals surface area contributed by atoms with E-state index in [1.807, 2.05) is 24.3 Å². The Bertz CT molecular complexity index is 550. The highest BCUT2D eigenvalue weighted by Crippen LogP contribution is 2.38. The van der Waals surface area contributed by atoms with Gasteiger partial charge < -0.3 is 0 Å². The molecule has 1 nitrogen and oxygen atoms in total. The van der Waals surface area contributed by atoms with E-state index < -0.39 is 0 Å². The number of aryl methyl sites for hydroxylation is 1. The van der Waals surface area contributed by atoms with Crippen molar-refractivity contribution in [3.8, 4) is 10.4 Å². The first-order valence-corrected chi connectivity index (χ1v) is 6.77. The molecular formula is C15H14OS. The van der Waals surface area contributed by atoms with Gasteiger partial charge in [0.2, 0.25) is 0 Å². The van der Waals surface area contributed by atoms with E-state index in [1.54, 1.807) is 11.3 Å². The highest BCUT2D eigenvalue weighted by atomic mass is 32.1. The van der Waals surface area contributed by atoms with Crippen LogP contribution in [0.1, 0.15) is 28.1 Å². The molecule has 1 heterocycles. The van der Waals surface area contributed by atoms with Gasteiger partial charge in [-0.15, -0.1) is 11.3 Å². The number of rotatable bonds is 3. The van der Waals surface area contributed by atoms with Crippen LogP contribution in [0.15, 0.2) is 36.4 Å². The largest absolute Gasteiger partial charge is 0.293 e. The lowest BCUT2D eigenvalue weighted by atomic mass is 10.1. The van der Waals surface area contributed by atoms with Crippen LogP contribution in [0.4, 0.5) is 0 Å². The third kappa shape index (κ3) is 2.05. The van der Waals surface area contributed by atoms with Crippen LogP contribution in [0.5, 0.6) is 0 Å². The Hall–Kier alpha value is -1.41. The zero-order chi connectivity index (χ0) is 11.8. The predicted octanol–water partition coefficient (Wildman–Crippen LogP) is 4.32. The molecule has 1 aliphatic rings. The van der Waals surface area contributed by atoms with E-state index >= 15 is 0 Å². The number of thiophene rings is 1. The van der Waals surface area contributed by atoms with Crippen molar-refractivity contribution in [3.63, 3.8) is 0 Å². The number of carbonyl (C=O) groups is 1. The summed E-state index contributed by atoms with van der Waals surface area (Å²) in [5.41, 5.74) is 2.43. The number of carbonyl (C=O) groups excluding carboxylic acids is 1. The summed E-state index contributed by atoms with van der Waals surface area (Å²) in [5.74, 6) is 0.664. The van der Waals surface area contributed by atoms with E-state index in [2.05, 4.69) is 19.1 Å². The molecule has 0 N–H and O–H groups in total. The quantitative estimate of drug-likeness (QED) is 0.733. The average Bonchev–Trinajstić information content (AvgIpc) is 3.13. The second-order valence-electron chi connectivity index (χ2n) is 4.63. The molecule has 0 aliphatic heterocycles. The minimum Gasteiger partial charge on any atom is -0.293 e. The zero-order valence-corrected chi connectivity index (χ0v) is 10.6.